The minimum absolute atomic E-state index is 0.308. The van der Waals surface area contributed by atoms with Crippen LogP contribution in [0.15, 0.2) is 24.3 Å². The fourth-order valence-corrected chi connectivity index (χ4v) is 4.65. The Labute approximate surface area is 126 Å². The summed E-state index contributed by atoms with van der Waals surface area (Å²) in [6.07, 6.45) is 8.18. The highest BCUT2D eigenvalue weighted by atomic mass is 16.2. The van der Waals surface area contributed by atoms with Gasteiger partial charge in [0.25, 0.3) is 0 Å². The fourth-order valence-electron chi connectivity index (χ4n) is 4.65. The lowest BCUT2D eigenvalue weighted by Crippen LogP contribution is -2.53. The van der Waals surface area contributed by atoms with Crippen molar-refractivity contribution in [2.75, 3.05) is 11.9 Å². The second-order valence-corrected chi connectivity index (χ2v) is 6.95. The average Bonchev–Trinajstić information content (AvgIpc) is 2.78. The molecule has 0 spiro atoms. The van der Waals surface area contributed by atoms with Gasteiger partial charge in [-0.05, 0) is 44.4 Å². The molecule has 2 fully saturated rings. The normalized spacial score (nSPS) is 32.9. The summed E-state index contributed by atoms with van der Waals surface area (Å²) < 4.78 is 0. The number of piperidine rings is 1. The molecule has 3 heterocycles. The van der Waals surface area contributed by atoms with E-state index in [1.807, 2.05) is 6.07 Å². The molecule has 0 radical (unpaired) electrons. The zero-order chi connectivity index (χ0) is 14.4. The Kier molecular flexibility index (Phi) is 3.26. The second kappa shape index (κ2) is 5.13. The zero-order valence-electron chi connectivity index (χ0n) is 12.8. The Hall–Kier alpha value is -1.35. The van der Waals surface area contributed by atoms with Crippen LogP contribution in [0.3, 0.4) is 0 Å². The molecule has 1 amide bonds. The molecule has 0 N–H and O–H groups in total. The summed E-state index contributed by atoms with van der Waals surface area (Å²) in [5, 5.41) is 0. The van der Waals surface area contributed by atoms with E-state index in [1.165, 1.54) is 36.9 Å². The standard InChI is InChI=1S/C18H24N2O/c1-19-14-7-3-4-8-15(19)12-16(11-14)20-17-9-5-2-6-13(17)10-18(20)21/h2,5-6,9,14-16H,3-4,7-8,10-12H2,1H3. The van der Waals surface area contributed by atoms with E-state index in [0.717, 1.165) is 12.8 Å². The number of hydrogen-bond donors (Lipinski definition) is 0. The van der Waals surface area contributed by atoms with Gasteiger partial charge in [-0.15, -0.1) is 0 Å². The molecule has 21 heavy (non-hydrogen) atoms. The third-order valence-corrected chi connectivity index (χ3v) is 5.79. The van der Waals surface area contributed by atoms with Crippen LogP contribution < -0.4 is 4.90 Å². The van der Waals surface area contributed by atoms with E-state index < -0.39 is 0 Å². The number of amides is 1. The van der Waals surface area contributed by atoms with Crippen LogP contribution in [-0.4, -0.2) is 36.0 Å². The number of carbonyl (C=O) groups is 1. The summed E-state index contributed by atoms with van der Waals surface area (Å²) in [6, 6.07) is 10.1. The predicted molar refractivity (Wildman–Crippen MR) is 84.5 cm³/mol. The molecule has 0 saturated carbocycles. The molecule has 3 nitrogen and oxygen atoms in total. The maximum absolute atomic E-state index is 12.5. The molecule has 4 rings (SSSR count). The van der Waals surface area contributed by atoms with Gasteiger partial charge in [-0.2, -0.15) is 0 Å². The highest BCUT2D eigenvalue weighted by molar-refractivity contribution is 6.01. The van der Waals surface area contributed by atoms with Crippen LogP contribution in [0.2, 0.25) is 0 Å². The number of anilines is 1. The van der Waals surface area contributed by atoms with Gasteiger partial charge in [0.05, 0.1) is 6.42 Å². The predicted octanol–water partition coefficient (Wildman–Crippen LogP) is 2.98. The van der Waals surface area contributed by atoms with Crippen LogP contribution in [0.5, 0.6) is 0 Å². The van der Waals surface area contributed by atoms with Gasteiger partial charge in [-0.3, -0.25) is 4.79 Å². The third kappa shape index (κ3) is 2.18. The molecule has 1 aromatic rings. The molecule has 1 aromatic carbocycles. The van der Waals surface area contributed by atoms with Gasteiger partial charge < -0.3 is 9.80 Å². The third-order valence-electron chi connectivity index (χ3n) is 5.79. The second-order valence-electron chi connectivity index (χ2n) is 6.95. The monoisotopic (exact) mass is 284 g/mol. The Balaban J connectivity index is 1.64. The van der Waals surface area contributed by atoms with Gasteiger partial charge >= 0.3 is 0 Å². The summed E-state index contributed by atoms with van der Waals surface area (Å²) in [5.74, 6) is 0.308. The molecule has 112 valence electrons. The van der Waals surface area contributed by atoms with Crippen LogP contribution in [0.25, 0.3) is 0 Å². The van der Waals surface area contributed by atoms with Gasteiger partial charge in [-0.25, -0.2) is 0 Å². The fraction of sp³-hybridized carbons (Fsp3) is 0.611. The Morgan fingerprint density at radius 2 is 1.67 bits per heavy atom. The van der Waals surface area contributed by atoms with Crippen molar-refractivity contribution in [3.05, 3.63) is 29.8 Å². The quantitative estimate of drug-likeness (QED) is 0.791. The van der Waals surface area contributed by atoms with Crippen molar-refractivity contribution >= 4 is 11.6 Å². The van der Waals surface area contributed by atoms with Crippen molar-refractivity contribution in [2.45, 2.75) is 63.1 Å². The zero-order valence-corrected chi connectivity index (χ0v) is 12.8. The Morgan fingerprint density at radius 3 is 2.38 bits per heavy atom. The molecule has 2 bridgehead atoms. The summed E-state index contributed by atoms with van der Waals surface area (Å²) in [7, 11) is 2.29. The van der Waals surface area contributed by atoms with Crippen molar-refractivity contribution in [1.29, 1.82) is 0 Å². The van der Waals surface area contributed by atoms with Gasteiger partial charge in [0, 0.05) is 23.8 Å². The van der Waals surface area contributed by atoms with Gasteiger partial charge in [-0.1, -0.05) is 31.0 Å². The number of rotatable bonds is 1. The van der Waals surface area contributed by atoms with Gasteiger partial charge in [0.15, 0.2) is 0 Å². The van der Waals surface area contributed by atoms with Crippen LogP contribution >= 0.6 is 0 Å². The molecule has 2 unspecified atom stereocenters. The molecule has 3 aliphatic rings. The van der Waals surface area contributed by atoms with Gasteiger partial charge in [0.2, 0.25) is 5.91 Å². The van der Waals surface area contributed by atoms with Crippen molar-refractivity contribution in [3.63, 3.8) is 0 Å². The number of para-hydroxylation sites is 1. The van der Waals surface area contributed by atoms with E-state index in [9.17, 15) is 4.79 Å². The minimum atomic E-state index is 0.308. The lowest BCUT2D eigenvalue weighted by atomic mass is 9.89. The largest absolute Gasteiger partial charge is 0.309 e. The van der Waals surface area contributed by atoms with Crippen LogP contribution in [0.4, 0.5) is 5.69 Å². The minimum Gasteiger partial charge on any atom is -0.309 e. The molecule has 2 saturated heterocycles. The first-order valence-electron chi connectivity index (χ1n) is 8.36. The number of fused-ring (bicyclic) bond motifs is 3. The summed E-state index contributed by atoms with van der Waals surface area (Å²) in [6.45, 7) is 0. The number of nitrogens with zero attached hydrogens (tertiary/aromatic N) is 2. The molecule has 3 aliphatic heterocycles. The Morgan fingerprint density at radius 1 is 1.00 bits per heavy atom. The number of hydrogen-bond acceptors (Lipinski definition) is 2. The van der Waals surface area contributed by atoms with Gasteiger partial charge in [0.1, 0.15) is 0 Å². The van der Waals surface area contributed by atoms with E-state index in [1.54, 1.807) is 0 Å². The molecule has 0 aliphatic carbocycles. The summed E-state index contributed by atoms with van der Waals surface area (Å²) in [4.78, 5) is 17.3. The molecular weight excluding hydrogens is 260 g/mol. The van der Waals surface area contributed by atoms with Crippen LogP contribution in [0, 0.1) is 0 Å². The first kappa shape index (κ1) is 13.3. The highest BCUT2D eigenvalue weighted by Crippen LogP contribution is 2.38. The smallest absolute Gasteiger partial charge is 0.231 e. The van der Waals surface area contributed by atoms with Crippen molar-refractivity contribution in [1.82, 2.24) is 4.90 Å². The molecular formula is C18H24N2O. The van der Waals surface area contributed by atoms with E-state index >= 15 is 0 Å². The van der Waals surface area contributed by atoms with E-state index in [-0.39, 0.29) is 0 Å². The van der Waals surface area contributed by atoms with E-state index in [0.29, 0.717) is 30.5 Å². The maximum atomic E-state index is 12.5. The maximum Gasteiger partial charge on any atom is 0.231 e. The Bertz CT molecular complexity index is 540. The topological polar surface area (TPSA) is 23.6 Å². The lowest BCUT2D eigenvalue weighted by Gasteiger charge is -2.45. The number of carbonyl (C=O) groups excluding carboxylic acids is 1. The molecule has 0 aromatic heterocycles. The molecule has 2 atom stereocenters. The van der Waals surface area contributed by atoms with E-state index in [2.05, 4.69) is 35.0 Å². The first-order chi connectivity index (χ1) is 10.2. The average molecular weight is 284 g/mol. The number of benzene rings is 1. The summed E-state index contributed by atoms with van der Waals surface area (Å²) in [5.41, 5.74) is 2.39. The molecule has 3 heteroatoms. The first-order valence-corrected chi connectivity index (χ1v) is 8.36. The van der Waals surface area contributed by atoms with E-state index in [4.69, 9.17) is 0 Å². The SMILES string of the molecule is CN1C2CCCCC1CC(N1C(=O)Cc3ccccc31)C2. The van der Waals surface area contributed by atoms with Crippen molar-refractivity contribution in [2.24, 2.45) is 0 Å². The van der Waals surface area contributed by atoms with Crippen LogP contribution in [0.1, 0.15) is 44.1 Å². The van der Waals surface area contributed by atoms with Crippen molar-refractivity contribution < 1.29 is 4.79 Å². The lowest BCUT2D eigenvalue weighted by molar-refractivity contribution is -0.118. The van der Waals surface area contributed by atoms with Crippen molar-refractivity contribution in [3.8, 4) is 0 Å². The van der Waals surface area contributed by atoms with Crippen LogP contribution in [-0.2, 0) is 11.2 Å². The highest BCUT2D eigenvalue weighted by Gasteiger charge is 2.41. The summed E-state index contributed by atoms with van der Waals surface area (Å²) >= 11 is 0.